The van der Waals surface area contributed by atoms with Gasteiger partial charge < -0.3 is 5.11 Å². The van der Waals surface area contributed by atoms with Crippen LogP contribution in [0.2, 0.25) is 5.02 Å². The molecule has 0 spiro atoms. The van der Waals surface area contributed by atoms with Gasteiger partial charge in [0.1, 0.15) is 11.9 Å². The summed E-state index contributed by atoms with van der Waals surface area (Å²) in [5.74, 6) is -0.488. The quantitative estimate of drug-likeness (QED) is 0.791. The summed E-state index contributed by atoms with van der Waals surface area (Å²) in [4.78, 5) is 0. The number of nitriles is 1. The van der Waals surface area contributed by atoms with Crippen LogP contribution in [0, 0.1) is 17.1 Å². The molecule has 1 aromatic rings. The molecule has 13 heavy (non-hydrogen) atoms. The summed E-state index contributed by atoms with van der Waals surface area (Å²) in [6.45, 7) is -0.189. The van der Waals surface area contributed by atoms with Gasteiger partial charge in [0.2, 0.25) is 0 Å². The maximum absolute atomic E-state index is 13.0. The molecule has 0 aliphatic heterocycles. The number of halogens is 2. The average molecular weight is 200 g/mol. The Morgan fingerprint density at radius 1 is 1.54 bits per heavy atom. The van der Waals surface area contributed by atoms with Crippen LogP contribution in [-0.4, -0.2) is 11.7 Å². The van der Waals surface area contributed by atoms with E-state index in [0.717, 1.165) is 0 Å². The lowest BCUT2D eigenvalue weighted by atomic mass is 10.1. The van der Waals surface area contributed by atoms with E-state index < -0.39 is 5.82 Å². The van der Waals surface area contributed by atoms with Crippen molar-refractivity contribution in [2.45, 2.75) is 6.42 Å². The van der Waals surface area contributed by atoms with E-state index in [9.17, 15) is 4.39 Å². The first-order valence-corrected chi connectivity index (χ1v) is 4.06. The van der Waals surface area contributed by atoms with Crippen LogP contribution >= 0.6 is 11.6 Å². The van der Waals surface area contributed by atoms with Crippen molar-refractivity contribution in [1.29, 1.82) is 5.26 Å². The Morgan fingerprint density at radius 2 is 2.23 bits per heavy atom. The molecule has 0 aromatic heterocycles. The third-order valence-corrected chi connectivity index (χ3v) is 2.10. The van der Waals surface area contributed by atoms with Gasteiger partial charge in [0.05, 0.1) is 10.6 Å². The van der Waals surface area contributed by atoms with Crippen molar-refractivity contribution in [2.75, 3.05) is 6.61 Å². The molecule has 0 amide bonds. The smallest absolute Gasteiger partial charge is 0.128 e. The SMILES string of the molecule is N#Cc1ccc(F)c(CCO)c1Cl. The first-order chi connectivity index (χ1) is 6.20. The van der Waals surface area contributed by atoms with Crippen molar-refractivity contribution in [1.82, 2.24) is 0 Å². The zero-order valence-electron chi connectivity index (χ0n) is 6.72. The molecule has 0 heterocycles. The summed E-state index contributed by atoms with van der Waals surface area (Å²) in [5, 5.41) is 17.3. The van der Waals surface area contributed by atoms with Gasteiger partial charge in [-0.25, -0.2) is 4.39 Å². The summed E-state index contributed by atoms with van der Waals surface area (Å²) >= 11 is 5.72. The van der Waals surface area contributed by atoms with Gasteiger partial charge in [-0.05, 0) is 18.6 Å². The molecular formula is C9H7ClFNO. The zero-order valence-corrected chi connectivity index (χ0v) is 7.48. The first-order valence-electron chi connectivity index (χ1n) is 3.68. The molecule has 0 aliphatic carbocycles. The van der Waals surface area contributed by atoms with E-state index in [4.69, 9.17) is 22.0 Å². The molecule has 0 radical (unpaired) electrons. The minimum absolute atomic E-state index is 0.0940. The Kier molecular flexibility index (Phi) is 3.24. The normalized spacial score (nSPS) is 9.69. The van der Waals surface area contributed by atoms with Crippen LogP contribution in [0.1, 0.15) is 11.1 Å². The predicted octanol–water partition coefficient (Wildman–Crippen LogP) is 1.89. The lowest BCUT2D eigenvalue weighted by molar-refractivity contribution is 0.297. The molecule has 0 saturated heterocycles. The molecule has 0 bridgehead atoms. The van der Waals surface area contributed by atoms with Gasteiger partial charge in [0.15, 0.2) is 0 Å². The van der Waals surface area contributed by atoms with Gasteiger partial charge in [0.25, 0.3) is 0 Å². The second-order valence-corrected chi connectivity index (χ2v) is 2.85. The second-order valence-electron chi connectivity index (χ2n) is 2.47. The van der Waals surface area contributed by atoms with Gasteiger partial charge in [-0.1, -0.05) is 11.6 Å². The maximum Gasteiger partial charge on any atom is 0.128 e. The fourth-order valence-electron chi connectivity index (χ4n) is 1.02. The fraction of sp³-hybridized carbons (Fsp3) is 0.222. The highest BCUT2D eigenvalue weighted by atomic mass is 35.5. The van der Waals surface area contributed by atoms with Crippen molar-refractivity contribution in [2.24, 2.45) is 0 Å². The van der Waals surface area contributed by atoms with Crippen molar-refractivity contribution >= 4 is 11.6 Å². The largest absolute Gasteiger partial charge is 0.396 e. The molecule has 1 aromatic carbocycles. The zero-order chi connectivity index (χ0) is 9.84. The molecular weight excluding hydrogens is 193 g/mol. The topological polar surface area (TPSA) is 44.0 Å². The summed E-state index contributed by atoms with van der Waals surface area (Å²) in [6.07, 6.45) is 0.125. The van der Waals surface area contributed by atoms with Crippen LogP contribution in [-0.2, 0) is 6.42 Å². The highest BCUT2D eigenvalue weighted by Crippen LogP contribution is 2.23. The predicted molar refractivity (Wildman–Crippen MR) is 46.9 cm³/mol. The number of benzene rings is 1. The highest BCUT2D eigenvalue weighted by molar-refractivity contribution is 6.32. The summed E-state index contributed by atoms with van der Waals surface area (Å²) in [6, 6.07) is 4.34. The highest BCUT2D eigenvalue weighted by Gasteiger charge is 2.10. The van der Waals surface area contributed by atoms with Crippen LogP contribution in [0.4, 0.5) is 4.39 Å². The van der Waals surface area contributed by atoms with E-state index in [1.54, 1.807) is 0 Å². The Hall–Kier alpha value is -1.11. The third kappa shape index (κ3) is 1.97. The molecule has 68 valence electrons. The van der Waals surface area contributed by atoms with Crippen molar-refractivity contribution in [3.63, 3.8) is 0 Å². The second kappa shape index (κ2) is 4.22. The number of nitrogens with zero attached hydrogens (tertiary/aromatic N) is 1. The molecule has 4 heteroatoms. The molecule has 1 rings (SSSR count). The van der Waals surface area contributed by atoms with Crippen molar-refractivity contribution < 1.29 is 9.50 Å². The van der Waals surface area contributed by atoms with Crippen molar-refractivity contribution in [3.8, 4) is 6.07 Å². The van der Waals surface area contributed by atoms with E-state index in [0.29, 0.717) is 0 Å². The van der Waals surface area contributed by atoms with E-state index >= 15 is 0 Å². The van der Waals surface area contributed by atoms with Crippen LogP contribution in [0.3, 0.4) is 0 Å². The third-order valence-electron chi connectivity index (χ3n) is 1.67. The molecule has 0 aliphatic rings. The average Bonchev–Trinajstić information content (AvgIpc) is 2.12. The van der Waals surface area contributed by atoms with E-state index in [2.05, 4.69) is 0 Å². The van der Waals surface area contributed by atoms with Crippen molar-refractivity contribution in [3.05, 3.63) is 34.1 Å². The minimum atomic E-state index is -0.488. The Balaban J connectivity index is 3.23. The Bertz CT molecular complexity index is 359. The Labute approximate surface area is 80.2 Å². The van der Waals surface area contributed by atoms with Gasteiger partial charge in [0, 0.05) is 12.2 Å². The van der Waals surface area contributed by atoms with Gasteiger partial charge >= 0.3 is 0 Å². The molecule has 0 atom stereocenters. The monoisotopic (exact) mass is 199 g/mol. The molecule has 0 unspecified atom stereocenters. The summed E-state index contributed by atoms with van der Waals surface area (Å²) < 4.78 is 13.0. The Morgan fingerprint density at radius 3 is 2.77 bits per heavy atom. The number of hydrogen-bond donors (Lipinski definition) is 1. The van der Waals surface area contributed by atoms with E-state index in [1.165, 1.54) is 12.1 Å². The minimum Gasteiger partial charge on any atom is -0.396 e. The first kappa shape index (κ1) is 9.97. The van der Waals surface area contributed by atoms with Gasteiger partial charge in [-0.3, -0.25) is 0 Å². The molecule has 2 nitrogen and oxygen atoms in total. The van der Waals surface area contributed by atoms with Gasteiger partial charge in [-0.15, -0.1) is 0 Å². The standard InChI is InChI=1S/C9H7ClFNO/c10-9-6(5-12)1-2-8(11)7(9)3-4-13/h1-2,13H,3-4H2. The van der Waals surface area contributed by atoms with E-state index in [1.807, 2.05) is 6.07 Å². The number of rotatable bonds is 2. The van der Waals surface area contributed by atoms with E-state index in [-0.39, 0.29) is 29.2 Å². The molecule has 1 N–H and O–H groups in total. The molecule has 0 saturated carbocycles. The molecule has 0 fully saturated rings. The van der Waals surface area contributed by atoms with Crippen LogP contribution in [0.25, 0.3) is 0 Å². The lowest BCUT2D eigenvalue weighted by Crippen LogP contribution is -1.97. The van der Waals surface area contributed by atoms with Crippen LogP contribution < -0.4 is 0 Å². The fourth-order valence-corrected chi connectivity index (χ4v) is 1.31. The maximum atomic E-state index is 13.0. The van der Waals surface area contributed by atoms with Crippen LogP contribution in [0.5, 0.6) is 0 Å². The number of aliphatic hydroxyl groups excluding tert-OH is 1. The van der Waals surface area contributed by atoms with Crippen LogP contribution in [0.15, 0.2) is 12.1 Å². The lowest BCUT2D eigenvalue weighted by Gasteiger charge is -2.04. The number of aliphatic hydroxyl groups is 1. The summed E-state index contributed by atoms with van der Waals surface area (Å²) in [7, 11) is 0. The number of hydrogen-bond acceptors (Lipinski definition) is 2. The summed E-state index contributed by atoms with van der Waals surface area (Å²) in [5.41, 5.74) is 0.426. The van der Waals surface area contributed by atoms with Gasteiger partial charge in [-0.2, -0.15) is 5.26 Å².